The molecule has 0 spiro atoms. The SMILES string of the molecule is Oc1ccc(-c2[o+]c3cc(O)cc(O)c3cc2O[C@@H]2OC[C@@H](O)C(O)C2O)cc1. The molecule has 0 radical (unpaired) electrons. The van der Waals surface area contributed by atoms with E-state index in [1.165, 1.54) is 24.3 Å². The van der Waals surface area contributed by atoms with Crippen LogP contribution in [0, 0.1) is 0 Å². The van der Waals surface area contributed by atoms with Crippen molar-refractivity contribution in [3.05, 3.63) is 42.5 Å². The Bertz CT molecular complexity index is 1030. The molecule has 0 amide bonds. The van der Waals surface area contributed by atoms with Crippen molar-refractivity contribution in [2.75, 3.05) is 6.61 Å². The summed E-state index contributed by atoms with van der Waals surface area (Å²) in [4.78, 5) is 0. The average Bonchev–Trinajstić information content (AvgIpc) is 2.69. The van der Waals surface area contributed by atoms with E-state index in [2.05, 4.69) is 0 Å². The van der Waals surface area contributed by atoms with Gasteiger partial charge in [0.25, 0.3) is 0 Å². The molecule has 29 heavy (non-hydrogen) atoms. The Labute approximate surface area is 164 Å². The van der Waals surface area contributed by atoms with Crippen LogP contribution in [-0.2, 0) is 4.74 Å². The van der Waals surface area contributed by atoms with E-state index < -0.39 is 24.6 Å². The summed E-state index contributed by atoms with van der Waals surface area (Å²) in [7, 11) is 0. The second kappa shape index (κ2) is 7.37. The minimum absolute atomic E-state index is 0.0374. The molecule has 2 heterocycles. The number of benzene rings is 2. The number of phenolic OH excluding ortho intramolecular Hbond substituents is 3. The molecule has 152 valence electrons. The van der Waals surface area contributed by atoms with Crippen molar-refractivity contribution in [1.29, 1.82) is 0 Å². The Balaban J connectivity index is 1.82. The second-order valence-corrected chi connectivity index (χ2v) is 6.73. The molecule has 9 heteroatoms. The normalized spacial score (nSPS) is 24.5. The molecule has 4 rings (SSSR count). The van der Waals surface area contributed by atoms with Crippen LogP contribution in [0.4, 0.5) is 0 Å². The molecule has 1 aliphatic rings. The van der Waals surface area contributed by atoms with Gasteiger partial charge in [-0.1, -0.05) is 0 Å². The number of hydrogen-bond donors (Lipinski definition) is 6. The van der Waals surface area contributed by atoms with E-state index >= 15 is 0 Å². The molecule has 0 bridgehead atoms. The van der Waals surface area contributed by atoms with Gasteiger partial charge in [0, 0.05) is 12.1 Å². The Morgan fingerprint density at radius 3 is 2.34 bits per heavy atom. The number of aliphatic hydroxyl groups excluding tert-OH is 3. The van der Waals surface area contributed by atoms with Crippen molar-refractivity contribution >= 4 is 11.0 Å². The van der Waals surface area contributed by atoms with E-state index in [1.807, 2.05) is 0 Å². The summed E-state index contributed by atoms with van der Waals surface area (Å²) in [6.07, 6.45) is -5.56. The number of ether oxygens (including phenoxy) is 2. The van der Waals surface area contributed by atoms with Gasteiger partial charge in [-0.25, -0.2) is 4.42 Å². The van der Waals surface area contributed by atoms with Crippen LogP contribution in [0.3, 0.4) is 0 Å². The summed E-state index contributed by atoms with van der Waals surface area (Å²) in [5, 5.41) is 59.3. The smallest absolute Gasteiger partial charge is 0.402 e. The highest BCUT2D eigenvalue weighted by Gasteiger charge is 2.40. The standard InChI is InChI=1S/C20H18O9/c21-10-3-1-9(2-4-10)19-16(29-20-18(26)17(25)14(24)8-27-20)7-12-13(23)5-11(22)6-15(12)28-19/h1-7,14,17-18,20,24-26H,8H2,(H2-,21,22,23)/p+1/t14-,17?,18?,20+/m1/s1. The molecule has 1 saturated heterocycles. The van der Waals surface area contributed by atoms with E-state index in [1.54, 1.807) is 12.1 Å². The maximum atomic E-state index is 10.2. The maximum absolute atomic E-state index is 10.2. The van der Waals surface area contributed by atoms with Crippen LogP contribution in [0.15, 0.2) is 46.9 Å². The molecule has 0 aliphatic carbocycles. The van der Waals surface area contributed by atoms with Crippen LogP contribution < -0.4 is 4.74 Å². The molecule has 0 saturated carbocycles. The number of phenols is 3. The van der Waals surface area contributed by atoms with Crippen LogP contribution in [0.2, 0.25) is 0 Å². The van der Waals surface area contributed by atoms with Gasteiger partial charge in [-0.3, -0.25) is 0 Å². The summed E-state index contributed by atoms with van der Waals surface area (Å²) < 4.78 is 16.8. The van der Waals surface area contributed by atoms with Crippen LogP contribution in [0.1, 0.15) is 0 Å². The maximum Gasteiger partial charge on any atom is 0.402 e. The highest BCUT2D eigenvalue weighted by molar-refractivity contribution is 5.88. The highest BCUT2D eigenvalue weighted by Crippen LogP contribution is 2.40. The fraction of sp³-hybridized carbons (Fsp3) is 0.250. The van der Waals surface area contributed by atoms with E-state index in [-0.39, 0.29) is 46.3 Å². The third-order valence-corrected chi connectivity index (χ3v) is 4.64. The van der Waals surface area contributed by atoms with Gasteiger partial charge in [0.15, 0.2) is 0 Å². The molecule has 1 fully saturated rings. The summed E-state index contributed by atoms with van der Waals surface area (Å²) in [6.45, 7) is -0.249. The zero-order chi connectivity index (χ0) is 20.7. The van der Waals surface area contributed by atoms with Gasteiger partial charge in [0.1, 0.15) is 40.9 Å². The lowest BCUT2D eigenvalue weighted by atomic mass is 10.1. The Kier molecular flexibility index (Phi) is 4.89. The molecular weight excluding hydrogens is 384 g/mol. The fourth-order valence-electron chi connectivity index (χ4n) is 3.09. The van der Waals surface area contributed by atoms with E-state index in [4.69, 9.17) is 13.9 Å². The predicted octanol–water partition coefficient (Wildman–Crippen LogP) is 1.32. The molecular formula is C20H19O9+. The topological polar surface area (TPSA) is 151 Å². The van der Waals surface area contributed by atoms with Crippen LogP contribution in [0.5, 0.6) is 23.0 Å². The summed E-state index contributed by atoms with van der Waals surface area (Å²) in [5.41, 5.74) is 0.659. The molecule has 2 unspecified atom stereocenters. The van der Waals surface area contributed by atoms with Crippen molar-refractivity contribution in [3.8, 4) is 34.3 Å². The third kappa shape index (κ3) is 3.64. The Hall–Kier alpha value is -3.11. The largest absolute Gasteiger partial charge is 0.508 e. The van der Waals surface area contributed by atoms with E-state index in [0.29, 0.717) is 5.56 Å². The zero-order valence-corrected chi connectivity index (χ0v) is 15.0. The number of fused-ring (bicyclic) bond motifs is 1. The minimum atomic E-state index is -1.53. The average molecular weight is 403 g/mol. The van der Waals surface area contributed by atoms with Gasteiger partial charge in [-0.05, 0) is 24.3 Å². The number of aromatic hydroxyl groups is 3. The van der Waals surface area contributed by atoms with Crippen LogP contribution >= 0.6 is 0 Å². The number of aliphatic hydroxyl groups is 3. The molecule has 1 aliphatic heterocycles. The van der Waals surface area contributed by atoms with Crippen LogP contribution in [-0.4, -0.2) is 61.8 Å². The second-order valence-electron chi connectivity index (χ2n) is 6.73. The quantitative estimate of drug-likeness (QED) is 0.356. The van der Waals surface area contributed by atoms with Crippen molar-refractivity contribution in [3.63, 3.8) is 0 Å². The third-order valence-electron chi connectivity index (χ3n) is 4.64. The zero-order valence-electron chi connectivity index (χ0n) is 15.0. The summed E-state index contributed by atoms with van der Waals surface area (Å²) in [5.74, 6) is -0.190. The van der Waals surface area contributed by atoms with Gasteiger partial charge >= 0.3 is 11.3 Å². The molecule has 3 aromatic rings. The van der Waals surface area contributed by atoms with Crippen molar-refractivity contribution in [2.24, 2.45) is 0 Å². The van der Waals surface area contributed by atoms with Gasteiger partial charge < -0.3 is 40.1 Å². The Morgan fingerprint density at radius 1 is 0.897 bits per heavy atom. The number of hydrogen-bond acceptors (Lipinski definition) is 8. The van der Waals surface area contributed by atoms with Crippen molar-refractivity contribution in [2.45, 2.75) is 24.6 Å². The first-order valence-electron chi connectivity index (χ1n) is 8.78. The lowest BCUT2D eigenvalue weighted by Gasteiger charge is -2.34. The monoisotopic (exact) mass is 403 g/mol. The fourth-order valence-corrected chi connectivity index (χ4v) is 3.09. The molecule has 1 aromatic heterocycles. The van der Waals surface area contributed by atoms with Crippen molar-refractivity contribution < 1.29 is 44.5 Å². The molecule has 9 nitrogen and oxygen atoms in total. The van der Waals surface area contributed by atoms with Gasteiger partial charge in [-0.2, -0.15) is 0 Å². The van der Waals surface area contributed by atoms with Gasteiger partial charge in [0.2, 0.25) is 12.0 Å². The first-order valence-corrected chi connectivity index (χ1v) is 8.78. The van der Waals surface area contributed by atoms with Crippen LogP contribution in [0.25, 0.3) is 22.3 Å². The Morgan fingerprint density at radius 2 is 1.62 bits per heavy atom. The van der Waals surface area contributed by atoms with E-state index in [9.17, 15) is 30.6 Å². The highest BCUT2D eigenvalue weighted by atomic mass is 16.7. The lowest BCUT2D eigenvalue weighted by Crippen LogP contribution is -2.54. The predicted molar refractivity (Wildman–Crippen MR) is 99.4 cm³/mol. The summed E-state index contributed by atoms with van der Waals surface area (Å²) in [6, 6.07) is 9.88. The lowest BCUT2D eigenvalue weighted by molar-refractivity contribution is -0.242. The first kappa shape index (κ1) is 19.2. The summed E-state index contributed by atoms with van der Waals surface area (Å²) >= 11 is 0. The molecule has 2 aromatic carbocycles. The van der Waals surface area contributed by atoms with Crippen molar-refractivity contribution in [1.82, 2.24) is 0 Å². The minimum Gasteiger partial charge on any atom is -0.508 e. The molecule has 4 atom stereocenters. The number of rotatable bonds is 3. The van der Waals surface area contributed by atoms with Gasteiger partial charge in [-0.15, -0.1) is 0 Å². The molecule has 6 N–H and O–H groups in total. The van der Waals surface area contributed by atoms with E-state index in [0.717, 1.165) is 6.07 Å². The first-order chi connectivity index (χ1) is 13.8. The van der Waals surface area contributed by atoms with Gasteiger partial charge in [0.05, 0.1) is 18.2 Å².